The Hall–Kier alpha value is -4.52. The summed E-state index contributed by atoms with van der Waals surface area (Å²) in [6, 6.07) is 23.4. The normalized spacial score (nSPS) is 11.2. The highest BCUT2D eigenvalue weighted by molar-refractivity contribution is 5.71. The molecule has 5 rings (SSSR count). The predicted octanol–water partition coefficient (Wildman–Crippen LogP) is 5.25. The molecule has 3 aromatic carbocycles. The molecule has 0 saturated heterocycles. The third kappa shape index (κ3) is 4.20. The second-order valence-electron chi connectivity index (χ2n) is 8.87. The summed E-state index contributed by atoms with van der Waals surface area (Å²) in [6.07, 6.45) is 0. The van der Waals surface area contributed by atoms with Crippen LogP contribution in [0.2, 0.25) is 0 Å². The zero-order valence-electron chi connectivity index (χ0n) is 20.4. The van der Waals surface area contributed by atoms with Gasteiger partial charge in [0.1, 0.15) is 5.75 Å². The largest absolute Gasteiger partial charge is 0.494 e. The van der Waals surface area contributed by atoms with Crippen LogP contribution in [-0.4, -0.2) is 27.0 Å². The van der Waals surface area contributed by atoms with Gasteiger partial charge in [-0.05, 0) is 38.0 Å². The molecule has 7 nitrogen and oxygen atoms in total. The molecule has 0 radical (unpaired) electrons. The fourth-order valence-electron chi connectivity index (χ4n) is 4.64. The quantitative estimate of drug-likeness (QED) is 0.256. The number of aryl methyl sites for hydroxylation is 2. The van der Waals surface area contributed by atoms with Crippen LogP contribution in [0, 0.1) is 13.8 Å². The van der Waals surface area contributed by atoms with Gasteiger partial charge in [-0.2, -0.15) is 0 Å². The lowest BCUT2D eigenvalue weighted by molar-refractivity contribution is 0.336. The van der Waals surface area contributed by atoms with Crippen molar-refractivity contribution in [2.24, 2.45) is 0 Å². The van der Waals surface area contributed by atoms with Gasteiger partial charge >= 0.3 is 0 Å². The number of hydrogen-bond acceptors (Lipinski definition) is 3. The van der Waals surface area contributed by atoms with Crippen LogP contribution in [0.1, 0.15) is 40.7 Å². The van der Waals surface area contributed by atoms with E-state index in [1.165, 1.54) is 0 Å². The maximum atomic E-state index is 13.4. The minimum Gasteiger partial charge on any atom is -0.494 e. The summed E-state index contributed by atoms with van der Waals surface area (Å²) in [5.74, 6) is -0.0822. The van der Waals surface area contributed by atoms with Gasteiger partial charge in [-0.15, -0.1) is 0 Å². The lowest BCUT2D eigenvalue weighted by Crippen LogP contribution is -2.20. The van der Waals surface area contributed by atoms with E-state index in [1.807, 2.05) is 93.6 Å². The molecule has 2 heterocycles. The van der Waals surface area contributed by atoms with Crippen molar-refractivity contribution in [1.82, 2.24) is 20.4 Å². The fourth-order valence-corrected chi connectivity index (χ4v) is 4.64. The SMILES string of the molecule is CCOc1ccccc1C(c1c(-c2ccc(C)cc2)[nH][nH]c1=O)c1c(-c2ccc(C)cc2)[nH][nH]c1=O. The van der Waals surface area contributed by atoms with Gasteiger partial charge in [-0.25, -0.2) is 0 Å². The Morgan fingerprint density at radius 3 is 1.61 bits per heavy atom. The number of rotatable bonds is 7. The van der Waals surface area contributed by atoms with Gasteiger partial charge in [0.15, 0.2) is 0 Å². The molecule has 0 unspecified atom stereocenters. The number of benzene rings is 3. The van der Waals surface area contributed by atoms with Crippen molar-refractivity contribution >= 4 is 0 Å². The van der Waals surface area contributed by atoms with Gasteiger partial charge in [0.25, 0.3) is 11.1 Å². The van der Waals surface area contributed by atoms with Crippen molar-refractivity contribution in [3.63, 3.8) is 0 Å². The molecule has 0 saturated carbocycles. The van der Waals surface area contributed by atoms with Crippen LogP contribution in [0.15, 0.2) is 82.4 Å². The van der Waals surface area contributed by atoms with E-state index in [0.717, 1.165) is 27.8 Å². The third-order valence-electron chi connectivity index (χ3n) is 6.42. The van der Waals surface area contributed by atoms with E-state index < -0.39 is 5.92 Å². The molecule has 0 spiro atoms. The maximum absolute atomic E-state index is 13.4. The third-order valence-corrected chi connectivity index (χ3v) is 6.42. The van der Waals surface area contributed by atoms with Crippen molar-refractivity contribution in [1.29, 1.82) is 0 Å². The van der Waals surface area contributed by atoms with E-state index in [4.69, 9.17) is 4.74 Å². The molecule has 0 aliphatic heterocycles. The number of aromatic nitrogens is 4. The Kier molecular flexibility index (Phi) is 6.21. The summed E-state index contributed by atoms with van der Waals surface area (Å²) in [5.41, 5.74) is 6.21. The van der Waals surface area contributed by atoms with Crippen LogP contribution in [0.4, 0.5) is 0 Å². The highest BCUT2D eigenvalue weighted by Crippen LogP contribution is 2.41. The molecule has 182 valence electrons. The van der Waals surface area contributed by atoms with E-state index in [2.05, 4.69) is 20.4 Å². The Morgan fingerprint density at radius 2 is 1.14 bits per heavy atom. The highest BCUT2D eigenvalue weighted by atomic mass is 16.5. The monoisotopic (exact) mass is 480 g/mol. The number of H-pyrrole nitrogens is 4. The molecule has 7 heteroatoms. The summed E-state index contributed by atoms with van der Waals surface area (Å²) in [5, 5.41) is 11.6. The summed E-state index contributed by atoms with van der Waals surface area (Å²) in [4.78, 5) is 26.8. The maximum Gasteiger partial charge on any atom is 0.268 e. The second-order valence-corrected chi connectivity index (χ2v) is 8.87. The van der Waals surface area contributed by atoms with Crippen LogP contribution >= 0.6 is 0 Å². The second kappa shape index (κ2) is 9.62. The van der Waals surface area contributed by atoms with Crippen LogP contribution < -0.4 is 15.9 Å². The van der Waals surface area contributed by atoms with E-state index in [9.17, 15) is 9.59 Å². The Balaban J connectivity index is 1.82. The minimum absolute atomic E-state index is 0.294. The summed E-state index contributed by atoms with van der Waals surface area (Å²) in [7, 11) is 0. The zero-order valence-corrected chi connectivity index (χ0v) is 20.4. The first-order valence-corrected chi connectivity index (χ1v) is 11.9. The number of hydrogen-bond donors (Lipinski definition) is 4. The first-order chi connectivity index (χ1) is 17.5. The fraction of sp³-hybridized carbons (Fsp3) is 0.172. The smallest absolute Gasteiger partial charge is 0.268 e. The van der Waals surface area contributed by atoms with Gasteiger partial charge in [-0.1, -0.05) is 77.9 Å². The molecule has 0 fully saturated rings. The van der Waals surface area contributed by atoms with Gasteiger partial charge in [-0.3, -0.25) is 30.0 Å². The van der Waals surface area contributed by atoms with Gasteiger partial charge in [0.05, 0.1) is 35.0 Å². The van der Waals surface area contributed by atoms with Gasteiger partial charge < -0.3 is 4.74 Å². The van der Waals surface area contributed by atoms with Gasteiger partial charge in [0.2, 0.25) is 0 Å². The van der Waals surface area contributed by atoms with Crippen LogP contribution in [0.5, 0.6) is 5.75 Å². The molecule has 0 atom stereocenters. The minimum atomic E-state index is -0.703. The molecular formula is C29H28N4O3. The van der Waals surface area contributed by atoms with Crippen LogP contribution in [0.25, 0.3) is 22.5 Å². The lowest BCUT2D eigenvalue weighted by atomic mass is 9.82. The Bertz CT molecular complexity index is 1500. The Labute approximate surface area is 208 Å². The number of ether oxygens (including phenoxy) is 1. The van der Waals surface area contributed by atoms with Crippen molar-refractivity contribution in [2.45, 2.75) is 26.7 Å². The van der Waals surface area contributed by atoms with Crippen LogP contribution in [-0.2, 0) is 0 Å². The van der Waals surface area contributed by atoms with E-state index >= 15 is 0 Å². The van der Waals surface area contributed by atoms with Crippen molar-refractivity contribution < 1.29 is 4.74 Å². The average Bonchev–Trinajstić information content (AvgIpc) is 3.45. The molecule has 0 amide bonds. The molecule has 4 N–H and O–H groups in total. The molecule has 36 heavy (non-hydrogen) atoms. The highest BCUT2D eigenvalue weighted by Gasteiger charge is 2.32. The zero-order chi connectivity index (χ0) is 25.2. The van der Waals surface area contributed by atoms with Gasteiger partial charge in [0, 0.05) is 5.56 Å². The number of nitrogens with one attached hydrogen (secondary N) is 4. The molecule has 5 aromatic rings. The lowest BCUT2D eigenvalue weighted by Gasteiger charge is -2.20. The first kappa shape index (κ1) is 23.2. The first-order valence-electron chi connectivity index (χ1n) is 11.9. The van der Waals surface area contributed by atoms with E-state index in [0.29, 0.717) is 34.9 Å². The molecule has 0 aliphatic carbocycles. The van der Waals surface area contributed by atoms with E-state index in [-0.39, 0.29) is 11.1 Å². The summed E-state index contributed by atoms with van der Waals surface area (Å²) >= 11 is 0. The van der Waals surface area contributed by atoms with Crippen molar-refractivity contribution in [3.05, 3.63) is 121 Å². The predicted molar refractivity (Wildman–Crippen MR) is 142 cm³/mol. The topological polar surface area (TPSA) is 107 Å². The van der Waals surface area contributed by atoms with E-state index in [1.54, 1.807) is 0 Å². The number of aromatic amines is 4. The molecule has 2 aromatic heterocycles. The average molecular weight is 481 g/mol. The number of para-hydroxylation sites is 1. The summed E-state index contributed by atoms with van der Waals surface area (Å²) in [6.45, 7) is 6.39. The Morgan fingerprint density at radius 1 is 0.667 bits per heavy atom. The van der Waals surface area contributed by atoms with Crippen molar-refractivity contribution in [2.75, 3.05) is 6.61 Å². The summed E-state index contributed by atoms with van der Waals surface area (Å²) < 4.78 is 5.97. The molecule has 0 aliphatic rings. The van der Waals surface area contributed by atoms with Crippen molar-refractivity contribution in [3.8, 4) is 28.3 Å². The van der Waals surface area contributed by atoms with Crippen LogP contribution in [0.3, 0.4) is 0 Å². The molecule has 0 bridgehead atoms. The standard InChI is InChI=1S/C29H28N4O3/c1-4-36-22-8-6-5-7-21(22)23(24-26(30-32-28(24)34)19-13-9-17(2)10-14-19)25-27(31-33-29(25)35)20-15-11-18(3)12-16-20/h5-16,23H,4H2,1-3H3,(H2,30,32,34)(H2,31,33,35). The molecular weight excluding hydrogens is 452 g/mol.